The first-order chi connectivity index (χ1) is 17.2. The lowest BCUT2D eigenvalue weighted by Crippen LogP contribution is -2.24. The number of ketones is 1. The van der Waals surface area contributed by atoms with Crippen LogP contribution in [0.2, 0.25) is 0 Å². The minimum atomic E-state index is -0.441. The highest BCUT2D eigenvalue weighted by Gasteiger charge is 2.28. The van der Waals surface area contributed by atoms with Gasteiger partial charge in [-0.25, -0.2) is 4.39 Å². The van der Waals surface area contributed by atoms with Gasteiger partial charge in [0.1, 0.15) is 11.6 Å². The molecule has 35 heavy (non-hydrogen) atoms. The first kappa shape index (κ1) is 23.3. The lowest BCUT2D eigenvalue weighted by molar-refractivity contribution is 0.0976. The fourth-order valence-corrected chi connectivity index (χ4v) is 5.14. The molecule has 0 amide bonds. The van der Waals surface area contributed by atoms with E-state index >= 15 is 0 Å². The second-order valence-corrected chi connectivity index (χ2v) is 9.35. The van der Waals surface area contributed by atoms with Crippen molar-refractivity contribution < 1.29 is 23.4 Å². The summed E-state index contributed by atoms with van der Waals surface area (Å²) in [5.74, 6) is 2.14. The van der Waals surface area contributed by atoms with Gasteiger partial charge in [0.25, 0.3) is 0 Å². The van der Waals surface area contributed by atoms with Crippen LogP contribution >= 0.6 is 0 Å². The van der Waals surface area contributed by atoms with E-state index in [4.69, 9.17) is 14.2 Å². The zero-order valence-electron chi connectivity index (χ0n) is 19.8. The molecule has 5 nitrogen and oxygen atoms in total. The molecule has 182 valence electrons. The Morgan fingerprint density at radius 3 is 2.83 bits per heavy atom. The highest BCUT2D eigenvalue weighted by Crippen LogP contribution is 2.40. The van der Waals surface area contributed by atoms with Gasteiger partial charge >= 0.3 is 0 Å². The number of Topliss-reactive ketones (excluding diaryl/α,β-unsaturated/α-hetero) is 1. The number of benzene rings is 2. The summed E-state index contributed by atoms with van der Waals surface area (Å²) in [6, 6.07) is 14.6. The van der Waals surface area contributed by atoms with Crippen LogP contribution in [0.25, 0.3) is 0 Å². The van der Waals surface area contributed by atoms with Crippen LogP contribution in [0.3, 0.4) is 0 Å². The van der Waals surface area contributed by atoms with Crippen LogP contribution in [0.5, 0.6) is 17.2 Å². The summed E-state index contributed by atoms with van der Waals surface area (Å²) in [6.45, 7) is 0.800. The first-order valence-corrected chi connectivity index (χ1v) is 12.4. The minimum Gasteiger partial charge on any atom is -0.493 e. The highest BCUT2D eigenvalue weighted by molar-refractivity contribution is 5.96. The number of fused-ring (bicyclic) bond motifs is 1. The van der Waals surface area contributed by atoms with Crippen molar-refractivity contribution in [3.63, 3.8) is 0 Å². The summed E-state index contributed by atoms with van der Waals surface area (Å²) in [5, 5.41) is 0. The molecule has 0 bridgehead atoms. The summed E-state index contributed by atoms with van der Waals surface area (Å²) in [4.78, 5) is 17.0. The SMILES string of the molecule is O=C(CCCc1cccnc1)c1cc([C@@H]2CCCC[C@H]2COc2ccc3c(c2)OCO3)ccc1F. The number of carbonyl (C=O) groups is 1. The molecule has 2 heterocycles. The number of carbonyl (C=O) groups excluding carboxylic acids is 1. The van der Waals surface area contributed by atoms with Crippen LogP contribution in [0.1, 0.15) is 65.9 Å². The molecule has 1 saturated carbocycles. The fraction of sp³-hybridized carbons (Fsp3) is 0.379. The average Bonchev–Trinajstić information content (AvgIpc) is 3.37. The van der Waals surface area contributed by atoms with Gasteiger partial charge in [0.05, 0.1) is 12.2 Å². The van der Waals surface area contributed by atoms with Crippen LogP contribution in [0.15, 0.2) is 60.9 Å². The van der Waals surface area contributed by atoms with Gasteiger partial charge in [0, 0.05) is 24.9 Å². The minimum absolute atomic E-state index is 0.141. The Morgan fingerprint density at radius 1 is 1.06 bits per heavy atom. The number of aromatic nitrogens is 1. The van der Waals surface area contributed by atoms with Gasteiger partial charge in [-0.15, -0.1) is 0 Å². The third-order valence-corrected chi connectivity index (χ3v) is 7.03. The van der Waals surface area contributed by atoms with Crippen molar-refractivity contribution in [2.24, 2.45) is 5.92 Å². The molecule has 1 aliphatic carbocycles. The van der Waals surface area contributed by atoms with Gasteiger partial charge in [-0.3, -0.25) is 9.78 Å². The Labute approximate surface area is 205 Å². The van der Waals surface area contributed by atoms with E-state index in [1.807, 2.05) is 36.4 Å². The molecule has 0 radical (unpaired) electrons. The number of rotatable bonds is 9. The van der Waals surface area contributed by atoms with E-state index in [1.165, 1.54) is 6.07 Å². The molecule has 0 N–H and O–H groups in total. The molecule has 5 rings (SSSR count). The maximum atomic E-state index is 14.6. The third kappa shape index (κ3) is 5.64. The number of hydrogen-bond donors (Lipinski definition) is 0. The molecule has 2 atom stereocenters. The average molecular weight is 476 g/mol. The van der Waals surface area contributed by atoms with Crippen molar-refractivity contribution in [2.45, 2.75) is 50.9 Å². The number of hydrogen-bond acceptors (Lipinski definition) is 5. The van der Waals surface area contributed by atoms with Crippen molar-refractivity contribution in [3.8, 4) is 17.2 Å². The zero-order valence-corrected chi connectivity index (χ0v) is 19.8. The number of pyridine rings is 1. The monoisotopic (exact) mass is 475 g/mol. The second-order valence-electron chi connectivity index (χ2n) is 9.35. The van der Waals surface area contributed by atoms with E-state index in [0.29, 0.717) is 31.1 Å². The smallest absolute Gasteiger partial charge is 0.231 e. The van der Waals surface area contributed by atoms with Crippen molar-refractivity contribution in [3.05, 3.63) is 83.4 Å². The molecule has 1 fully saturated rings. The van der Waals surface area contributed by atoms with E-state index in [1.54, 1.807) is 18.5 Å². The molecule has 0 unspecified atom stereocenters. The lowest BCUT2D eigenvalue weighted by Gasteiger charge is -2.32. The largest absolute Gasteiger partial charge is 0.493 e. The molecular formula is C29H30FNO4. The Balaban J connectivity index is 1.24. The van der Waals surface area contributed by atoms with Crippen molar-refractivity contribution in [1.82, 2.24) is 4.98 Å². The van der Waals surface area contributed by atoms with Crippen molar-refractivity contribution in [1.29, 1.82) is 0 Å². The Bertz CT molecular complexity index is 1170. The fourth-order valence-electron chi connectivity index (χ4n) is 5.14. The van der Waals surface area contributed by atoms with E-state index < -0.39 is 5.82 Å². The van der Waals surface area contributed by atoms with Gasteiger partial charge in [-0.1, -0.05) is 25.0 Å². The number of aryl methyl sites for hydroxylation is 1. The van der Waals surface area contributed by atoms with Crippen LogP contribution in [0, 0.1) is 11.7 Å². The Hall–Kier alpha value is -3.41. The zero-order chi connectivity index (χ0) is 24.0. The second kappa shape index (κ2) is 10.9. The van der Waals surface area contributed by atoms with Gasteiger partial charge in [-0.05, 0) is 79.0 Å². The highest BCUT2D eigenvalue weighted by atomic mass is 19.1. The number of halogens is 1. The predicted octanol–water partition coefficient (Wildman–Crippen LogP) is 6.51. The molecule has 2 aliphatic rings. The molecule has 1 aliphatic heterocycles. The number of nitrogens with zero attached hydrogens (tertiary/aromatic N) is 1. The summed E-state index contributed by atoms with van der Waals surface area (Å²) >= 11 is 0. The molecule has 0 saturated heterocycles. The first-order valence-electron chi connectivity index (χ1n) is 12.4. The van der Waals surface area contributed by atoms with Gasteiger partial charge < -0.3 is 14.2 Å². The van der Waals surface area contributed by atoms with Crippen LogP contribution in [-0.4, -0.2) is 24.2 Å². The van der Waals surface area contributed by atoms with Gasteiger partial charge in [-0.2, -0.15) is 0 Å². The standard InChI is InChI=1S/C29H30FNO4/c30-26-12-10-21(15-25(26)27(32)9-3-5-20-6-4-14-31-17-20)24-8-2-1-7-22(24)18-33-23-11-13-28-29(16-23)35-19-34-28/h4,6,10-17,22,24H,1-3,5,7-9,18-19H2/t22-,24-/m0/s1. The number of ether oxygens (including phenoxy) is 3. The van der Waals surface area contributed by atoms with Crippen LogP contribution in [0.4, 0.5) is 4.39 Å². The van der Waals surface area contributed by atoms with Crippen LogP contribution in [-0.2, 0) is 6.42 Å². The summed E-state index contributed by atoms with van der Waals surface area (Å²) in [5.41, 5.74) is 2.32. The molecule has 1 aromatic heterocycles. The summed E-state index contributed by atoms with van der Waals surface area (Å²) in [7, 11) is 0. The Kier molecular flexibility index (Phi) is 7.26. The maximum absolute atomic E-state index is 14.6. The van der Waals surface area contributed by atoms with Crippen molar-refractivity contribution in [2.75, 3.05) is 13.4 Å². The van der Waals surface area contributed by atoms with E-state index in [-0.39, 0.29) is 24.1 Å². The van der Waals surface area contributed by atoms with Crippen LogP contribution < -0.4 is 14.2 Å². The van der Waals surface area contributed by atoms with Crippen molar-refractivity contribution >= 4 is 5.78 Å². The molecular weight excluding hydrogens is 445 g/mol. The van der Waals surface area contributed by atoms with Gasteiger partial charge in [0.2, 0.25) is 6.79 Å². The third-order valence-electron chi connectivity index (χ3n) is 7.03. The molecule has 6 heteroatoms. The van der Waals surface area contributed by atoms with Gasteiger partial charge in [0.15, 0.2) is 17.3 Å². The van der Waals surface area contributed by atoms with E-state index in [2.05, 4.69) is 4.98 Å². The quantitative estimate of drug-likeness (QED) is 0.330. The van der Waals surface area contributed by atoms with E-state index in [9.17, 15) is 9.18 Å². The maximum Gasteiger partial charge on any atom is 0.231 e. The van der Waals surface area contributed by atoms with E-state index in [0.717, 1.165) is 54.7 Å². The summed E-state index contributed by atoms with van der Waals surface area (Å²) < 4.78 is 31.6. The topological polar surface area (TPSA) is 57.7 Å². The Morgan fingerprint density at radius 2 is 1.94 bits per heavy atom. The molecule has 3 aromatic rings. The molecule has 0 spiro atoms. The lowest BCUT2D eigenvalue weighted by atomic mass is 9.75. The summed E-state index contributed by atoms with van der Waals surface area (Å²) in [6.07, 6.45) is 9.60. The normalized spacial score (nSPS) is 18.9. The molecule has 2 aromatic carbocycles. The predicted molar refractivity (Wildman–Crippen MR) is 131 cm³/mol.